The summed E-state index contributed by atoms with van der Waals surface area (Å²) in [6, 6.07) is 0. The maximum Gasteiger partial charge on any atom is 0.0718 e. The zero-order valence-electron chi connectivity index (χ0n) is 15.4. The summed E-state index contributed by atoms with van der Waals surface area (Å²) in [4.78, 5) is 2.32. The maximum atomic E-state index is 10.1. The highest BCUT2D eigenvalue weighted by Gasteiger charge is 2.37. The molecule has 0 heterocycles. The molecule has 2 unspecified atom stereocenters. The first-order valence-electron chi connectivity index (χ1n) is 8.57. The fraction of sp³-hybridized carbons (Fsp3) is 1.00. The van der Waals surface area contributed by atoms with Gasteiger partial charge in [0.1, 0.15) is 0 Å². The fourth-order valence-electron chi connectivity index (χ4n) is 3.87. The predicted molar refractivity (Wildman–Crippen MR) is 91.6 cm³/mol. The highest BCUT2D eigenvalue weighted by Crippen LogP contribution is 2.40. The van der Waals surface area contributed by atoms with Crippen molar-refractivity contribution in [2.45, 2.75) is 78.4 Å². The van der Waals surface area contributed by atoms with E-state index in [4.69, 9.17) is 0 Å². The largest absolute Gasteiger partial charge is 0.389 e. The second-order valence-corrected chi connectivity index (χ2v) is 9.29. The molecule has 0 aromatic rings. The van der Waals surface area contributed by atoms with Gasteiger partial charge in [-0.1, -0.05) is 19.8 Å². The number of rotatable bonds is 6. The molecule has 2 N–H and O–H groups in total. The van der Waals surface area contributed by atoms with E-state index in [0.29, 0.717) is 5.41 Å². The first-order chi connectivity index (χ1) is 9.41. The predicted octanol–water partition coefficient (Wildman–Crippen LogP) is 3.27. The molecular weight excluding hydrogens is 260 g/mol. The van der Waals surface area contributed by atoms with Crippen LogP contribution >= 0.6 is 0 Å². The fourth-order valence-corrected chi connectivity index (χ4v) is 3.87. The number of hydrogen-bond donors (Lipinski definition) is 2. The first kappa shape index (κ1) is 18.9. The van der Waals surface area contributed by atoms with Gasteiger partial charge >= 0.3 is 0 Å². The summed E-state index contributed by atoms with van der Waals surface area (Å²) in [6.07, 6.45) is 5.30. The van der Waals surface area contributed by atoms with Crippen molar-refractivity contribution in [1.82, 2.24) is 10.2 Å². The molecule has 0 saturated heterocycles. The van der Waals surface area contributed by atoms with Crippen LogP contribution in [0.5, 0.6) is 0 Å². The summed E-state index contributed by atoms with van der Waals surface area (Å²) >= 11 is 0. The second kappa shape index (κ2) is 6.97. The van der Waals surface area contributed by atoms with Gasteiger partial charge in [0, 0.05) is 25.2 Å². The van der Waals surface area contributed by atoms with E-state index >= 15 is 0 Å². The lowest BCUT2D eigenvalue weighted by atomic mass is 9.69. The van der Waals surface area contributed by atoms with Crippen molar-refractivity contribution in [1.29, 1.82) is 0 Å². The van der Waals surface area contributed by atoms with E-state index in [-0.39, 0.29) is 5.54 Å². The average Bonchev–Trinajstić information content (AvgIpc) is 2.22. The Labute approximate surface area is 132 Å². The Morgan fingerprint density at radius 1 is 1.24 bits per heavy atom. The Hall–Kier alpha value is -0.120. The van der Waals surface area contributed by atoms with Crippen LogP contribution in [0.3, 0.4) is 0 Å². The summed E-state index contributed by atoms with van der Waals surface area (Å²) in [7, 11) is 2.15. The van der Waals surface area contributed by atoms with Crippen LogP contribution in [0.25, 0.3) is 0 Å². The molecular formula is C18H38N2O. The van der Waals surface area contributed by atoms with Crippen molar-refractivity contribution < 1.29 is 5.11 Å². The zero-order chi connectivity index (χ0) is 16.3. The van der Waals surface area contributed by atoms with E-state index in [1.54, 1.807) is 0 Å². The molecule has 1 fully saturated rings. The molecule has 0 bridgehead atoms. The SMILES string of the molecule is CC1CCCC(CNC(C)(C)C)(CN(C)CC(C)(C)O)C1. The van der Waals surface area contributed by atoms with Crippen molar-refractivity contribution in [2.24, 2.45) is 11.3 Å². The number of likely N-dealkylation sites (N-methyl/N-ethyl adjacent to an activating group) is 1. The quantitative estimate of drug-likeness (QED) is 0.790. The van der Waals surface area contributed by atoms with Crippen LogP contribution in [0, 0.1) is 11.3 Å². The third-order valence-electron chi connectivity index (χ3n) is 4.44. The standard InChI is InChI=1S/C18H38N2O/c1-15-9-8-10-18(11-15,12-19-16(2,3)4)14-20(7)13-17(5,6)21/h15,19,21H,8-14H2,1-7H3. The third-order valence-corrected chi connectivity index (χ3v) is 4.44. The molecule has 1 aliphatic carbocycles. The van der Waals surface area contributed by atoms with Crippen molar-refractivity contribution in [3.63, 3.8) is 0 Å². The minimum Gasteiger partial charge on any atom is -0.389 e. The minimum atomic E-state index is -0.617. The van der Waals surface area contributed by atoms with Crippen LogP contribution in [-0.2, 0) is 0 Å². The van der Waals surface area contributed by atoms with Gasteiger partial charge in [-0.3, -0.25) is 0 Å². The first-order valence-corrected chi connectivity index (χ1v) is 8.57. The highest BCUT2D eigenvalue weighted by molar-refractivity contribution is 4.92. The zero-order valence-corrected chi connectivity index (χ0v) is 15.4. The average molecular weight is 299 g/mol. The maximum absolute atomic E-state index is 10.1. The summed E-state index contributed by atoms with van der Waals surface area (Å²) in [5, 5.41) is 13.8. The van der Waals surface area contributed by atoms with Gasteiger partial charge in [-0.25, -0.2) is 0 Å². The van der Waals surface area contributed by atoms with Crippen LogP contribution in [0.15, 0.2) is 0 Å². The summed E-state index contributed by atoms with van der Waals surface area (Å²) in [5.41, 5.74) is -0.0961. The molecule has 0 aliphatic heterocycles. The van der Waals surface area contributed by atoms with Gasteiger partial charge in [-0.15, -0.1) is 0 Å². The molecule has 21 heavy (non-hydrogen) atoms. The smallest absolute Gasteiger partial charge is 0.0718 e. The highest BCUT2D eigenvalue weighted by atomic mass is 16.3. The van der Waals surface area contributed by atoms with E-state index in [1.165, 1.54) is 25.7 Å². The summed E-state index contributed by atoms with van der Waals surface area (Å²) < 4.78 is 0. The monoisotopic (exact) mass is 298 g/mol. The van der Waals surface area contributed by atoms with Crippen LogP contribution < -0.4 is 5.32 Å². The molecule has 1 saturated carbocycles. The van der Waals surface area contributed by atoms with Crippen molar-refractivity contribution in [3.8, 4) is 0 Å². The van der Waals surface area contributed by atoms with Gasteiger partial charge in [-0.2, -0.15) is 0 Å². The molecule has 3 heteroatoms. The van der Waals surface area contributed by atoms with Crippen molar-refractivity contribution in [3.05, 3.63) is 0 Å². The molecule has 1 rings (SSSR count). The molecule has 126 valence electrons. The minimum absolute atomic E-state index is 0.169. The Morgan fingerprint density at radius 3 is 2.33 bits per heavy atom. The Kier molecular flexibility index (Phi) is 6.28. The molecule has 0 aromatic carbocycles. The van der Waals surface area contributed by atoms with Gasteiger partial charge in [0.05, 0.1) is 5.60 Å². The number of nitrogens with one attached hydrogen (secondary N) is 1. The van der Waals surface area contributed by atoms with E-state index in [1.807, 2.05) is 13.8 Å². The normalized spacial score (nSPS) is 28.1. The topological polar surface area (TPSA) is 35.5 Å². The molecule has 3 nitrogen and oxygen atoms in total. The van der Waals surface area contributed by atoms with Crippen LogP contribution in [0.1, 0.15) is 67.2 Å². The Bertz CT molecular complexity index is 316. The van der Waals surface area contributed by atoms with Gasteiger partial charge < -0.3 is 15.3 Å². The van der Waals surface area contributed by atoms with E-state index in [9.17, 15) is 5.11 Å². The molecule has 0 radical (unpaired) electrons. The lowest BCUT2D eigenvalue weighted by Crippen LogP contribution is -2.51. The lowest BCUT2D eigenvalue weighted by Gasteiger charge is -2.45. The Morgan fingerprint density at radius 2 is 1.86 bits per heavy atom. The number of hydrogen-bond acceptors (Lipinski definition) is 3. The van der Waals surface area contributed by atoms with Crippen molar-refractivity contribution >= 4 is 0 Å². The molecule has 0 spiro atoms. The number of nitrogens with zero attached hydrogens (tertiary/aromatic N) is 1. The molecule has 1 aliphatic rings. The van der Waals surface area contributed by atoms with E-state index < -0.39 is 5.60 Å². The van der Waals surface area contributed by atoms with Crippen molar-refractivity contribution in [2.75, 3.05) is 26.7 Å². The Balaban J connectivity index is 2.72. The summed E-state index contributed by atoms with van der Waals surface area (Å²) in [6.45, 7) is 15.8. The number of aliphatic hydroxyl groups is 1. The molecule has 0 amide bonds. The van der Waals surface area contributed by atoms with Gasteiger partial charge in [0.2, 0.25) is 0 Å². The summed E-state index contributed by atoms with van der Waals surface area (Å²) in [5.74, 6) is 0.816. The van der Waals surface area contributed by atoms with E-state index in [0.717, 1.165) is 25.6 Å². The lowest BCUT2D eigenvalue weighted by molar-refractivity contribution is 0.0166. The van der Waals surface area contributed by atoms with Crippen LogP contribution in [0.2, 0.25) is 0 Å². The van der Waals surface area contributed by atoms with Crippen LogP contribution in [0.4, 0.5) is 0 Å². The van der Waals surface area contributed by atoms with Gasteiger partial charge in [0.15, 0.2) is 0 Å². The molecule has 0 aromatic heterocycles. The van der Waals surface area contributed by atoms with Gasteiger partial charge in [0.25, 0.3) is 0 Å². The van der Waals surface area contributed by atoms with Gasteiger partial charge in [-0.05, 0) is 65.8 Å². The molecule has 2 atom stereocenters. The van der Waals surface area contributed by atoms with Crippen LogP contribution in [-0.4, -0.2) is 47.8 Å². The third kappa shape index (κ3) is 7.62. The van der Waals surface area contributed by atoms with E-state index in [2.05, 4.69) is 45.0 Å². The second-order valence-electron chi connectivity index (χ2n) is 9.29.